The van der Waals surface area contributed by atoms with E-state index in [1.54, 1.807) is 32.0 Å². The molecule has 0 saturated heterocycles. The first kappa shape index (κ1) is 20.8. The third kappa shape index (κ3) is 3.10. The fourth-order valence-corrected chi connectivity index (χ4v) is 4.03. The van der Waals surface area contributed by atoms with Crippen LogP contribution in [0.4, 0.5) is 23.5 Å². The summed E-state index contributed by atoms with van der Waals surface area (Å²) in [6.45, 7) is 5.32. The number of aliphatic hydroxyl groups is 1. The van der Waals surface area contributed by atoms with Gasteiger partial charge in [-0.25, -0.2) is 4.98 Å². The first-order chi connectivity index (χ1) is 13.7. The van der Waals surface area contributed by atoms with Crippen LogP contribution in [0.25, 0.3) is 11.0 Å². The van der Waals surface area contributed by atoms with Crippen molar-refractivity contribution in [2.75, 3.05) is 5.32 Å². The van der Waals surface area contributed by atoms with E-state index in [-0.39, 0.29) is 11.5 Å². The van der Waals surface area contributed by atoms with E-state index in [0.29, 0.717) is 22.7 Å². The number of fused-ring (bicyclic) bond motifs is 1. The molecule has 162 valence electrons. The summed E-state index contributed by atoms with van der Waals surface area (Å²) in [6.07, 6.45) is 2.04. The minimum atomic E-state index is -4.31. The zero-order valence-corrected chi connectivity index (χ0v) is 16.9. The number of allylic oxidation sites excluding steroid dienone is 1. The molecule has 0 unspecified atom stereocenters. The monoisotopic (exact) mass is 425 g/mol. The molecular formula is C21H23F4N3O2. The van der Waals surface area contributed by atoms with Crippen molar-refractivity contribution in [1.29, 1.82) is 0 Å². The van der Waals surface area contributed by atoms with Crippen LogP contribution >= 0.6 is 0 Å². The second-order valence-electron chi connectivity index (χ2n) is 9.00. The lowest BCUT2D eigenvalue weighted by atomic mass is 9.78. The van der Waals surface area contributed by atoms with Crippen molar-refractivity contribution in [3.8, 4) is 0 Å². The molecule has 1 amide bonds. The molecule has 30 heavy (non-hydrogen) atoms. The summed E-state index contributed by atoms with van der Waals surface area (Å²) in [7, 11) is 0. The molecule has 0 atom stereocenters. The average molecular weight is 425 g/mol. The van der Waals surface area contributed by atoms with Crippen LogP contribution in [0.2, 0.25) is 0 Å². The Morgan fingerprint density at radius 3 is 2.43 bits per heavy atom. The van der Waals surface area contributed by atoms with Crippen molar-refractivity contribution < 1.29 is 27.5 Å². The van der Waals surface area contributed by atoms with Gasteiger partial charge in [0.1, 0.15) is 0 Å². The van der Waals surface area contributed by atoms with Gasteiger partial charge in [0.2, 0.25) is 5.95 Å². The molecule has 9 heteroatoms. The van der Waals surface area contributed by atoms with Gasteiger partial charge in [-0.1, -0.05) is 6.07 Å². The van der Waals surface area contributed by atoms with Crippen molar-refractivity contribution in [2.24, 2.45) is 0 Å². The molecule has 0 bridgehead atoms. The lowest BCUT2D eigenvalue weighted by molar-refractivity contribution is -0.232. The van der Waals surface area contributed by atoms with Gasteiger partial charge >= 0.3 is 11.8 Å². The summed E-state index contributed by atoms with van der Waals surface area (Å²) in [5, 5.41) is 12.8. The van der Waals surface area contributed by atoms with Crippen molar-refractivity contribution in [3.05, 3.63) is 35.4 Å². The Balaban J connectivity index is 1.72. The maximum atomic E-state index is 13.5. The van der Waals surface area contributed by atoms with E-state index in [1.165, 1.54) is 0 Å². The summed E-state index contributed by atoms with van der Waals surface area (Å²) in [5.74, 6) is -9.20. The van der Waals surface area contributed by atoms with Gasteiger partial charge < -0.3 is 9.67 Å². The largest absolute Gasteiger partial charge is 0.386 e. The number of rotatable bonds is 4. The zero-order valence-electron chi connectivity index (χ0n) is 16.9. The van der Waals surface area contributed by atoms with E-state index in [9.17, 15) is 27.5 Å². The van der Waals surface area contributed by atoms with Crippen LogP contribution in [0.3, 0.4) is 0 Å². The minimum Gasteiger partial charge on any atom is -0.386 e. The highest BCUT2D eigenvalue weighted by Gasteiger charge is 2.68. The summed E-state index contributed by atoms with van der Waals surface area (Å²) in [6, 6.07) is 5.24. The average Bonchev–Trinajstić information content (AvgIpc) is 2.95. The van der Waals surface area contributed by atoms with Crippen LogP contribution in [0, 0.1) is 0 Å². The third-order valence-corrected chi connectivity index (χ3v) is 6.15. The molecule has 5 nitrogen and oxygen atoms in total. The first-order valence-electron chi connectivity index (χ1n) is 9.78. The lowest BCUT2D eigenvalue weighted by Crippen LogP contribution is -2.53. The number of anilines is 1. The molecule has 2 saturated carbocycles. The van der Waals surface area contributed by atoms with E-state index >= 15 is 0 Å². The number of hydrogen-bond donors (Lipinski definition) is 2. The molecule has 0 spiro atoms. The van der Waals surface area contributed by atoms with Crippen LogP contribution in [-0.4, -0.2) is 32.4 Å². The predicted octanol–water partition coefficient (Wildman–Crippen LogP) is 4.70. The molecule has 2 N–H and O–H groups in total. The number of aromatic nitrogens is 2. The van der Waals surface area contributed by atoms with Gasteiger partial charge in [0.25, 0.3) is 5.91 Å². The highest BCUT2D eigenvalue weighted by atomic mass is 19.3. The number of halogens is 4. The Morgan fingerprint density at radius 1 is 1.27 bits per heavy atom. The minimum absolute atomic E-state index is 0.163. The molecule has 0 radical (unpaired) electrons. The molecule has 1 heterocycles. The molecular weight excluding hydrogens is 402 g/mol. The highest BCUT2D eigenvalue weighted by Crippen LogP contribution is 2.54. The summed E-state index contributed by atoms with van der Waals surface area (Å²) >= 11 is 0. The van der Waals surface area contributed by atoms with Crippen LogP contribution in [0.15, 0.2) is 29.8 Å². The Bertz CT molecular complexity index is 1060. The summed E-state index contributed by atoms with van der Waals surface area (Å²) in [5.41, 5.74) is -0.392. The van der Waals surface area contributed by atoms with E-state index in [1.807, 2.05) is 11.5 Å². The zero-order chi connectivity index (χ0) is 22.1. The molecule has 0 aliphatic heterocycles. The quantitative estimate of drug-likeness (QED) is 0.551. The fraction of sp³-hybridized carbons (Fsp3) is 0.524. The van der Waals surface area contributed by atoms with Crippen LogP contribution in [0.5, 0.6) is 0 Å². The number of nitrogens with zero attached hydrogens (tertiary/aromatic N) is 2. The molecule has 4 rings (SSSR count). The van der Waals surface area contributed by atoms with Gasteiger partial charge in [0.15, 0.2) is 0 Å². The maximum Gasteiger partial charge on any atom is 0.332 e. The van der Waals surface area contributed by atoms with Crippen LogP contribution in [-0.2, 0) is 15.9 Å². The predicted molar refractivity (Wildman–Crippen MR) is 104 cm³/mol. The molecule has 1 aromatic carbocycles. The maximum absolute atomic E-state index is 13.5. The van der Waals surface area contributed by atoms with E-state index in [0.717, 1.165) is 19.3 Å². The Hall–Kier alpha value is -2.42. The van der Waals surface area contributed by atoms with Crippen LogP contribution < -0.4 is 5.32 Å². The van der Waals surface area contributed by atoms with Gasteiger partial charge in [-0.2, -0.15) is 17.6 Å². The normalized spacial score (nSPS) is 23.1. The van der Waals surface area contributed by atoms with E-state index in [4.69, 9.17) is 0 Å². The van der Waals surface area contributed by atoms with Crippen molar-refractivity contribution in [2.45, 2.75) is 69.4 Å². The van der Waals surface area contributed by atoms with Gasteiger partial charge in [-0.3, -0.25) is 10.1 Å². The van der Waals surface area contributed by atoms with Crippen molar-refractivity contribution in [1.82, 2.24) is 9.55 Å². The Morgan fingerprint density at radius 2 is 1.93 bits per heavy atom. The van der Waals surface area contributed by atoms with Crippen molar-refractivity contribution >= 4 is 22.9 Å². The van der Waals surface area contributed by atoms with E-state index in [2.05, 4.69) is 10.3 Å². The molecule has 2 aliphatic carbocycles. The number of carbonyl (C=O) groups is 1. The van der Waals surface area contributed by atoms with E-state index < -0.39 is 35.3 Å². The highest BCUT2D eigenvalue weighted by molar-refractivity contribution is 6.00. The number of nitrogens with one attached hydrogen (secondary N) is 1. The second kappa shape index (κ2) is 6.29. The molecule has 1 aromatic heterocycles. The number of imidazole rings is 1. The van der Waals surface area contributed by atoms with Gasteiger partial charge in [0, 0.05) is 23.6 Å². The fourth-order valence-electron chi connectivity index (χ4n) is 4.03. The summed E-state index contributed by atoms with van der Waals surface area (Å²) < 4.78 is 54.9. The van der Waals surface area contributed by atoms with Gasteiger partial charge in [-0.15, -0.1) is 0 Å². The number of amides is 1. The smallest absolute Gasteiger partial charge is 0.332 e. The number of hydrogen-bond acceptors (Lipinski definition) is 3. The topological polar surface area (TPSA) is 67.2 Å². The summed E-state index contributed by atoms with van der Waals surface area (Å²) in [4.78, 5) is 16.8. The molecule has 2 fully saturated rings. The molecule has 2 aromatic rings. The standard InChI is InChI=1S/C21H23F4N3O2/c1-18(2,30)12-5-6-14-15(9-12)28(19(3)7-4-8-19)17(26-14)27-16(29)10-13-11-20(22,23)21(13,24)25/h5-6,9-10,30H,4,7-8,11H2,1-3H3,(H,26,27,29)/b13-10-. The number of carbonyl (C=O) groups excluding carboxylic acids is 1. The Labute approximate surface area is 170 Å². The Kier molecular flexibility index (Phi) is 4.37. The van der Waals surface area contributed by atoms with Gasteiger partial charge in [0.05, 0.1) is 16.6 Å². The number of benzene rings is 1. The second-order valence-corrected chi connectivity index (χ2v) is 9.00. The molecule has 2 aliphatic rings. The van der Waals surface area contributed by atoms with Crippen molar-refractivity contribution in [3.63, 3.8) is 0 Å². The SMILES string of the molecule is CC(C)(O)c1ccc2nc(NC(=O)/C=C3/CC(F)(F)C3(F)F)n(C3(C)CCC3)c2c1. The van der Waals surface area contributed by atoms with Crippen LogP contribution in [0.1, 0.15) is 52.0 Å². The first-order valence-corrected chi connectivity index (χ1v) is 9.78. The number of alkyl halides is 4. The lowest BCUT2D eigenvalue weighted by Gasteiger charge is -2.41. The third-order valence-electron chi connectivity index (χ3n) is 6.15. The van der Waals surface area contributed by atoms with Gasteiger partial charge in [-0.05, 0) is 57.7 Å².